The number of hydrogen-bond acceptors (Lipinski definition) is 5. The van der Waals surface area contributed by atoms with Gasteiger partial charge in [-0.25, -0.2) is 4.79 Å². The number of hydrogen-bond donors (Lipinski definition) is 2. The summed E-state index contributed by atoms with van der Waals surface area (Å²) in [5, 5.41) is 12.8. The van der Waals surface area contributed by atoms with E-state index in [1.165, 1.54) is 33.0 Å². The van der Waals surface area contributed by atoms with Gasteiger partial charge in [0.15, 0.2) is 0 Å². The number of carbonyl (C=O) groups is 1. The highest BCUT2D eigenvalue weighted by Crippen LogP contribution is 2.37. The van der Waals surface area contributed by atoms with Gasteiger partial charge in [0.2, 0.25) is 5.91 Å². The van der Waals surface area contributed by atoms with Gasteiger partial charge >= 0.3 is 5.69 Å². The lowest BCUT2D eigenvalue weighted by atomic mass is 9.96. The number of nitrogens with one attached hydrogen (secondary N) is 2. The predicted octanol–water partition coefficient (Wildman–Crippen LogP) is 1.38. The molecule has 2 aromatic heterocycles. The van der Waals surface area contributed by atoms with E-state index in [0.29, 0.717) is 10.6 Å². The Labute approximate surface area is 141 Å². The SMILES string of the molecule is N#Cc1c(NC(=O)CCn2ccc(=O)[nH]c2=O)sc2c1CCCC2. The van der Waals surface area contributed by atoms with E-state index in [4.69, 9.17) is 0 Å². The lowest BCUT2D eigenvalue weighted by molar-refractivity contribution is -0.116. The molecule has 1 aliphatic carbocycles. The number of nitriles is 1. The maximum atomic E-state index is 12.1. The van der Waals surface area contributed by atoms with Gasteiger partial charge in [-0.3, -0.25) is 14.6 Å². The number of nitrogens with zero attached hydrogens (tertiary/aromatic N) is 2. The molecular weight excluding hydrogens is 328 g/mol. The number of carbonyl (C=O) groups excluding carboxylic acids is 1. The average Bonchev–Trinajstić information content (AvgIpc) is 2.90. The molecule has 2 aromatic rings. The number of amides is 1. The lowest BCUT2D eigenvalue weighted by Gasteiger charge is -2.09. The van der Waals surface area contributed by atoms with Crippen LogP contribution in [0.15, 0.2) is 21.9 Å². The van der Waals surface area contributed by atoms with Gasteiger partial charge in [-0.05, 0) is 31.2 Å². The van der Waals surface area contributed by atoms with Crippen molar-refractivity contribution in [1.82, 2.24) is 9.55 Å². The monoisotopic (exact) mass is 344 g/mol. The van der Waals surface area contributed by atoms with Crippen LogP contribution in [0, 0.1) is 11.3 Å². The molecule has 124 valence electrons. The largest absolute Gasteiger partial charge is 0.328 e. The molecule has 2 heterocycles. The molecule has 0 aromatic carbocycles. The second-order valence-electron chi connectivity index (χ2n) is 5.63. The Morgan fingerprint density at radius 3 is 2.92 bits per heavy atom. The van der Waals surface area contributed by atoms with Crippen molar-refractivity contribution in [2.24, 2.45) is 0 Å². The van der Waals surface area contributed by atoms with Gasteiger partial charge in [-0.2, -0.15) is 5.26 Å². The van der Waals surface area contributed by atoms with Gasteiger partial charge in [0.05, 0.1) is 5.56 Å². The highest BCUT2D eigenvalue weighted by atomic mass is 32.1. The minimum absolute atomic E-state index is 0.0827. The van der Waals surface area contributed by atoms with E-state index >= 15 is 0 Å². The number of aryl methyl sites for hydroxylation is 2. The first-order valence-corrected chi connectivity index (χ1v) is 8.54. The molecule has 0 saturated carbocycles. The van der Waals surface area contributed by atoms with Crippen LogP contribution in [0.3, 0.4) is 0 Å². The first kappa shape index (κ1) is 16.2. The van der Waals surface area contributed by atoms with E-state index in [1.54, 1.807) is 0 Å². The normalized spacial score (nSPS) is 13.1. The number of H-pyrrole nitrogens is 1. The van der Waals surface area contributed by atoms with Crippen molar-refractivity contribution in [2.75, 3.05) is 5.32 Å². The predicted molar refractivity (Wildman–Crippen MR) is 90.2 cm³/mol. The number of rotatable bonds is 4. The summed E-state index contributed by atoms with van der Waals surface area (Å²) in [6.07, 6.45) is 5.47. The zero-order chi connectivity index (χ0) is 17.1. The van der Waals surface area contributed by atoms with Crippen LogP contribution in [-0.2, 0) is 24.2 Å². The minimum Gasteiger partial charge on any atom is -0.317 e. The molecule has 3 rings (SSSR count). The van der Waals surface area contributed by atoms with Crippen LogP contribution in [0.25, 0.3) is 0 Å². The van der Waals surface area contributed by atoms with Crippen LogP contribution < -0.4 is 16.6 Å². The van der Waals surface area contributed by atoms with E-state index in [-0.39, 0.29) is 18.9 Å². The smallest absolute Gasteiger partial charge is 0.317 e. The standard InChI is InChI=1S/C16H16N4O3S/c17-9-11-10-3-1-2-4-12(10)24-15(11)18-13(21)5-7-20-8-6-14(22)19-16(20)23/h6,8H,1-5,7H2,(H,18,21)(H,19,22,23). The van der Waals surface area contributed by atoms with Gasteiger partial charge in [0, 0.05) is 30.1 Å². The number of aromatic nitrogens is 2. The summed E-state index contributed by atoms with van der Waals surface area (Å²) in [6, 6.07) is 3.44. The van der Waals surface area contributed by atoms with Crippen molar-refractivity contribution in [3.05, 3.63) is 49.1 Å². The Morgan fingerprint density at radius 1 is 1.38 bits per heavy atom. The second kappa shape index (κ2) is 6.84. The van der Waals surface area contributed by atoms with E-state index < -0.39 is 11.2 Å². The second-order valence-corrected chi connectivity index (χ2v) is 6.73. The topological polar surface area (TPSA) is 108 Å². The first-order valence-electron chi connectivity index (χ1n) is 7.72. The molecule has 1 amide bonds. The summed E-state index contributed by atoms with van der Waals surface area (Å²) in [5.74, 6) is -0.261. The van der Waals surface area contributed by atoms with Crippen LogP contribution in [0.2, 0.25) is 0 Å². The quantitative estimate of drug-likeness (QED) is 0.873. The number of aromatic amines is 1. The maximum absolute atomic E-state index is 12.1. The number of anilines is 1. The van der Waals surface area contributed by atoms with Crippen LogP contribution in [0.1, 0.15) is 35.3 Å². The molecule has 2 N–H and O–H groups in total. The molecule has 0 saturated heterocycles. The molecule has 7 nitrogen and oxygen atoms in total. The molecular formula is C16H16N4O3S. The van der Waals surface area contributed by atoms with Crippen LogP contribution in [-0.4, -0.2) is 15.5 Å². The number of thiophene rings is 1. The molecule has 0 spiro atoms. The molecule has 0 aliphatic heterocycles. The molecule has 1 aliphatic rings. The Hall–Kier alpha value is -2.66. The Kier molecular flexibility index (Phi) is 4.62. The Bertz CT molecular complexity index is 932. The zero-order valence-electron chi connectivity index (χ0n) is 12.9. The summed E-state index contributed by atoms with van der Waals surface area (Å²) in [6.45, 7) is 0.161. The zero-order valence-corrected chi connectivity index (χ0v) is 13.7. The Balaban J connectivity index is 1.69. The van der Waals surface area contributed by atoms with Crippen molar-refractivity contribution in [1.29, 1.82) is 5.26 Å². The highest BCUT2D eigenvalue weighted by molar-refractivity contribution is 7.16. The number of fused-ring (bicyclic) bond motifs is 1. The average molecular weight is 344 g/mol. The molecule has 24 heavy (non-hydrogen) atoms. The third-order valence-corrected chi connectivity index (χ3v) is 5.22. The molecule has 0 atom stereocenters. The lowest BCUT2D eigenvalue weighted by Crippen LogP contribution is -2.29. The molecule has 0 unspecified atom stereocenters. The van der Waals surface area contributed by atoms with E-state index in [9.17, 15) is 19.6 Å². The summed E-state index contributed by atoms with van der Waals surface area (Å²) >= 11 is 1.47. The van der Waals surface area contributed by atoms with Gasteiger partial charge in [-0.15, -0.1) is 11.3 Å². The summed E-state index contributed by atoms with van der Waals surface area (Å²) in [5.41, 5.74) is 0.633. The summed E-state index contributed by atoms with van der Waals surface area (Å²) in [7, 11) is 0. The van der Waals surface area contributed by atoms with Crippen LogP contribution in [0.5, 0.6) is 0 Å². The van der Waals surface area contributed by atoms with E-state index in [2.05, 4.69) is 16.4 Å². The van der Waals surface area contributed by atoms with Gasteiger partial charge in [0.1, 0.15) is 11.1 Å². The summed E-state index contributed by atoms with van der Waals surface area (Å²) in [4.78, 5) is 38.1. The van der Waals surface area contributed by atoms with Gasteiger partial charge < -0.3 is 9.88 Å². The molecule has 8 heteroatoms. The first-order chi connectivity index (χ1) is 11.6. The minimum atomic E-state index is -0.542. The molecule has 0 fully saturated rings. The van der Waals surface area contributed by atoms with Crippen molar-refractivity contribution in [3.63, 3.8) is 0 Å². The van der Waals surface area contributed by atoms with E-state index in [1.807, 2.05) is 0 Å². The van der Waals surface area contributed by atoms with Crippen LogP contribution >= 0.6 is 11.3 Å². The molecule has 0 radical (unpaired) electrons. The van der Waals surface area contributed by atoms with Crippen molar-refractivity contribution >= 4 is 22.2 Å². The highest BCUT2D eigenvalue weighted by Gasteiger charge is 2.21. The van der Waals surface area contributed by atoms with Crippen molar-refractivity contribution in [3.8, 4) is 6.07 Å². The fourth-order valence-electron chi connectivity index (χ4n) is 2.80. The van der Waals surface area contributed by atoms with E-state index in [0.717, 1.165) is 31.2 Å². The third kappa shape index (κ3) is 3.31. The Morgan fingerprint density at radius 2 is 2.17 bits per heavy atom. The van der Waals surface area contributed by atoms with Gasteiger partial charge in [-0.1, -0.05) is 0 Å². The maximum Gasteiger partial charge on any atom is 0.328 e. The van der Waals surface area contributed by atoms with Crippen molar-refractivity contribution < 1.29 is 4.79 Å². The fourth-order valence-corrected chi connectivity index (χ4v) is 4.06. The van der Waals surface area contributed by atoms with Crippen LogP contribution in [0.4, 0.5) is 5.00 Å². The van der Waals surface area contributed by atoms with Gasteiger partial charge in [0.25, 0.3) is 5.56 Å². The fraction of sp³-hybridized carbons (Fsp3) is 0.375. The molecule has 0 bridgehead atoms. The third-order valence-electron chi connectivity index (χ3n) is 4.01. The summed E-state index contributed by atoms with van der Waals surface area (Å²) < 4.78 is 1.27. The van der Waals surface area contributed by atoms with Crippen molar-refractivity contribution in [2.45, 2.75) is 38.6 Å².